The van der Waals surface area contributed by atoms with E-state index in [4.69, 9.17) is 19.9 Å². The topological polar surface area (TPSA) is 164 Å². The number of unbranched alkanes of at least 4 members (excludes halogenated alkanes) is 2. The van der Waals surface area contributed by atoms with Crippen molar-refractivity contribution < 1.29 is 28.6 Å². The lowest BCUT2D eigenvalue weighted by Gasteiger charge is -2.35. The summed E-state index contributed by atoms with van der Waals surface area (Å²) in [4.78, 5) is 46.0. The summed E-state index contributed by atoms with van der Waals surface area (Å²) >= 11 is 0. The minimum atomic E-state index is -0.937. The van der Waals surface area contributed by atoms with Crippen LogP contribution in [0, 0.1) is 17.8 Å². The smallest absolute Gasteiger partial charge is 0.410 e. The molecule has 2 fully saturated rings. The number of Topliss-reactive ketones (excluding diaryl/α,β-unsaturated/α-hetero) is 1. The Kier molecular flexibility index (Phi) is 12.4. The van der Waals surface area contributed by atoms with Crippen LogP contribution in [-0.4, -0.2) is 92.8 Å². The number of cyclic esters (lactones) is 1. The highest BCUT2D eigenvalue weighted by molar-refractivity contribution is 5.99. The Labute approximate surface area is 278 Å². The van der Waals surface area contributed by atoms with Gasteiger partial charge in [-0.1, -0.05) is 32.1 Å². The van der Waals surface area contributed by atoms with Crippen molar-refractivity contribution in [2.75, 3.05) is 25.9 Å². The van der Waals surface area contributed by atoms with Crippen LogP contribution in [0.15, 0.2) is 24.4 Å². The Balaban J connectivity index is 1.44. The number of fused-ring (bicyclic) bond motifs is 1. The molecular formula is C34H53N7O6. The van der Waals surface area contributed by atoms with Crippen LogP contribution in [0.25, 0.3) is 11.4 Å². The quantitative estimate of drug-likeness (QED) is 0.225. The standard InChI is InChI=1S/C34H53N7O6/c1-8-27-31-29(24(5)36-19-21(2)17-34(6,45-7)18-22(3)30(42)23(4)32(43)46-27)41(33(44)47-31)16-11-9-10-15-40-20-26(38-39-40)25-13-12-14-28(35)37-25/h12-14,20-24,27,29,31,36H,8-11,15-19H2,1-7H3,(H2,35,37)/t21-,22-,23-,24-,27+,29-,31-,34-/m1/s1. The number of methoxy groups -OCH3 is 1. The first-order valence-electron chi connectivity index (χ1n) is 17.0. The predicted octanol–water partition coefficient (Wildman–Crippen LogP) is 4.26. The van der Waals surface area contributed by atoms with Crippen LogP contribution in [0.3, 0.4) is 0 Å². The highest BCUT2D eigenvalue weighted by Gasteiger charge is 2.49. The normalized spacial score (nSPS) is 31.1. The van der Waals surface area contributed by atoms with Crippen molar-refractivity contribution in [3.63, 3.8) is 0 Å². The van der Waals surface area contributed by atoms with E-state index in [0.29, 0.717) is 49.7 Å². The maximum absolute atomic E-state index is 13.3. The number of aryl methyl sites for hydroxylation is 1. The van der Waals surface area contributed by atoms with Crippen molar-refractivity contribution in [1.29, 1.82) is 0 Å². The molecule has 0 saturated carbocycles. The van der Waals surface area contributed by atoms with Crippen LogP contribution in [0.1, 0.15) is 80.1 Å². The average Bonchev–Trinajstić information content (AvgIpc) is 3.65. The fourth-order valence-electron chi connectivity index (χ4n) is 6.99. The molecule has 0 spiro atoms. The lowest BCUT2D eigenvalue weighted by Crippen LogP contribution is -2.54. The number of hydrogen-bond acceptors (Lipinski definition) is 11. The molecule has 260 valence electrons. The van der Waals surface area contributed by atoms with Crippen LogP contribution < -0.4 is 11.1 Å². The molecule has 13 heteroatoms. The second-order valence-corrected chi connectivity index (χ2v) is 13.7. The van der Waals surface area contributed by atoms with Crippen LogP contribution in [0.4, 0.5) is 10.6 Å². The summed E-state index contributed by atoms with van der Waals surface area (Å²) in [5.41, 5.74) is 6.61. The maximum Gasteiger partial charge on any atom is 0.410 e. The van der Waals surface area contributed by atoms with Gasteiger partial charge in [0.1, 0.15) is 29.3 Å². The number of nitrogens with zero attached hydrogens (tertiary/aromatic N) is 5. The van der Waals surface area contributed by atoms with Gasteiger partial charge in [-0.15, -0.1) is 5.10 Å². The molecule has 2 aliphatic rings. The van der Waals surface area contributed by atoms with Crippen molar-refractivity contribution in [3.8, 4) is 11.4 Å². The number of ether oxygens (including phenoxy) is 3. The molecule has 2 aliphatic heterocycles. The van der Waals surface area contributed by atoms with E-state index in [-0.39, 0.29) is 29.7 Å². The van der Waals surface area contributed by atoms with E-state index in [9.17, 15) is 14.4 Å². The van der Waals surface area contributed by atoms with Gasteiger partial charge in [0.25, 0.3) is 0 Å². The first-order valence-corrected chi connectivity index (χ1v) is 17.0. The van der Waals surface area contributed by atoms with Crippen molar-refractivity contribution >= 4 is 23.7 Å². The zero-order valence-electron chi connectivity index (χ0n) is 29.0. The lowest BCUT2D eigenvalue weighted by molar-refractivity contribution is -0.162. The number of amides is 1. The van der Waals surface area contributed by atoms with Crippen LogP contribution in [0.2, 0.25) is 0 Å². The second kappa shape index (κ2) is 16.0. The van der Waals surface area contributed by atoms with Gasteiger partial charge in [-0.2, -0.15) is 0 Å². The largest absolute Gasteiger partial charge is 0.458 e. The minimum absolute atomic E-state index is 0.146. The molecule has 2 aromatic rings. The fourth-order valence-corrected chi connectivity index (χ4v) is 6.99. The van der Waals surface area contributed by atoms with Crippen LogP contribution >= 0.6 is 0 Å². The molecule has 8 atom stereocenters. The van der Waals surface area contributed by atoms with Crippen molar-refractivity contribution in [1.82, 2.24) is 30.2 Å². The Morgan fingerprint density at radius 2 is 1.79 bits per heavy atom. The van der Waals surface area contributed by atoms with E-state index in [1.165, 1.54) is 0 Å². The maximum atomic E-state index is 13.3. The fraction of sp³-hybridized carbons (Fsp3) is 0.706. The van der Waals surface area contributed by atoms with E-state index in [1.54, 1.807) is 29.7 Å². The van der Waals surface area contributed by atoms with Gasteiger partial charge in [-0.05, 0) is 83.9 Å². The summed E-state index contributed by atoms with van der Waals surface area (Å²) in [5, 5.41) is 12.1. The molecule has 0 bridgehead atoms. The Morgan fingerprint density at radius 1 is 1.04 bits per heavy atom. The molecule has 4 heterocycles. The number of esters is 1. The van der Waals surface area contributed by atoms with E-state index in [1.807, 2.05) is 46.0 Å². The van der Waals surface area contributed by atoms with Gasteiger partial charge in [0.15, 0.2) is 6.10 Å². The van der Waals surface area contributed by atoms with Gasteiger partial charge in [0, 0.05) is 32.2 Å². The summed E-state index contributed by atoms with van der Waals surface area (Å²) in [5.74, 6) is -1.43. The van der Waals surface area contributed by atoms with E-state index in [2.05, 4.69) is 27.5 Å². The van der Waals surface area contributed by atoms with E-state index < -0.39 is 35.8 Å². The SMILES string of the molecule is CC[C@@H]1OC(=O)[C@H](C)C(=O)[C@H](C)C[C@](C)(OC)C[C@@H](C)CN[C@H](C)[C@@H]2[C@@H]1OC(=O)N2CCCCCn1cc(-c2cccc(N)n2)nn1. The molecule has 2 aromatic heterocycles. The van der Waals surface area contributed by atoms with Crippen LogP contribution in [0.5, 0.6) is 0 Å². The summed E-state index contributed by atoms with van der Waals surface area (Å²) in [7, 11) is 1.67. The molecule has 47 heavy (non-hydrogen) atoms. The highest BCUT2D eigenvalue weighted by Crippen LogP contribution is 2.32. The summed E-state index contributed by atoms with van der Waals surface area (Å²) in [6, 6.07) is 4.90. The van der Waals surface area contributed by atoms with Crippen LogP contribution in [-0.2, 0) is 30.3 Å². The predicted molar refractivity (Wildman–Crippen MR) is 177 cm³/mol. The third-order valence-electron chi connectivity index (χ3n) is 9.64. The monoisotopic (exact) mass is 655 g/mol. The van der Waals surface area contributed by atoms with Crippen molar-refractivity contribution in [2.45, 2.75) is 117 Å². The zero-order valence-corrected chi connectivity index (χ0v) is 29.0. The van der Waals surface area contributed by atoms with Gasteiger partial charge in [0.2, 0.25) is 0 Å². The Morgan fingerprint density at radius 3 is 2.49 bits per heavy atom. The molecule has 0 unspecified atom stereocenters. The van der Waals surface area contributed by atoms with E-state index in [0.717, 1.165) is 25.7 Å². The number of carbonyl (C=O) groups is 3. The number of hydrogen-bond donors (Lipinski definition) is 2. The summed E-state index contributed by atoms with van der Waals surface area (Å²) < 4.78 is 19.6. The molecule has 0 aliphatic carbocycles. The van der Waals surface area contributed by atoms with Gasteiger partial charge in [-0.25, -0.2) is 9.78 Å². The number of nitrogens with one attached hydrogen (secondary N) is 1. The van der Waals surface area contributed by atoms with E-state index >= 15 is 0 Å². The molecular weight excluding hydrogens is 602 g/mol. The van der Waals surface area contributed by atoms with Gasteiger partial charge < -0.3 is 25.3 Å². The zero-order chi connectivity index (χ0) is 34.3. The molecule has 13 nitrogen and oxygen atoms in total. The van der Waals surface area contributed by atoms with Gasteiger partial charge in [0.05, 0.1) is 23.5 Å². The van der Waals surface area contributed by atoms with Gasteiger partial charge >= 0.3 is 12.1 Å². The Bertz CT molecular complexity index is 1370. The molecule has 1 amide bonds. The number of ketones is 1. The molecule has 2 saturated heterocycles. The number of nitrogens with two attached hydrogens (primary N) is 1. The molecule has 0 aromatic carbocycles. The summed E-state index contributed by atoms with van der Waals surface area (Å²) in [6.07, 6.45) is 4.21. The Hall–Kier alpha value is -3.58. The van der Waals surface area contributed by atoms with Gasteiger partial charge in [-0.3, -0.25) is 19.2 Å². The highest BCUT2D eigenvalue weighted by atomic mass is 16.6. The number of rotatable bonds is 9. The summed E-state index contributed by atoms with van der Waals surface area (Å²) in [6.45, 7) is 13.4. The first kappa shape index (κ1) is 36.3. The number of pyridine rings is 1. The second-order valence-electron chi connectivity index (χ2n) is 13.7. The number of nitrogen functional groups attached to an aromatic ring is 1. The van der Waals surface area contributed by atoms with Crippen molar-refractivity contribution in [2.24, 2.45) is 17.8 Å². The third kappa shape index (κ3) is 9.07. The molecule has 3 N–H and O–H groups in total. The molecule has 0 radical (unpaired) electrons. The number of anilines is 1. The average molecular weight is 656 g/mol. The first-order chi connectivity index (χ1) is 22.4. The third-order valence-corrected chi connectivity index (χ3v) is 9.64. The number of carbonyl (C=O) groups excluding carboxylic acids is 3. The minimum Gasteiger partial charge on any atom is -0.458 e. The molecule has 4 rings (SSSR count). The lowest BCUT2D eigenvalue weighted by atomic mass is 9.81. The van der Waals surface area contributed by atoms with Crippen molar-refractivity contribution in [3.05, 3.63) is 24.4 Å². The number of aromatic nitrogens is 4.